The van der Waals surface area contributed by atoms with Gasteiger partial charge in [0.05, 0.1) is 21.2 Å². The molecule has 0 fully saturated rings. The number of rotatable bonds is 6. The molecule has 0 aliphatic heterocycles. The van der Waals surface area contributed by atoms with Crippen LogP contribution < -0.4 is 5.32 Å². The molecule has 1 aromatic carbocycles. The number of hydrogen-bond donors (Lipinski definition) is 1. The first-order valence-electron chi connectivity index (χ1n) is 9.04. The van der Waals surface area contributed by atoms with Crippen LogP contribution >= 0.6 is 46.0 Å². The van der Waals surface area contributed by atoms with E-state index in [1.807, 2.05) is 49.6 Å². The Kier molecular flexibility index (Phi) is 6.48. The highest BCUT2D eigenvalue weighted by atomic mass is 35.5. The fraction of sp³-hybridized carbons (Fsp3) is 0.143. The molecule has 0 atom stereocenters. The minimum Gasteiger partial charge on any atom is -0.325 e. The molecule has 4 rings (SSSR count). The van der Waals surface area contributed by atoms with E-state index in [-0.39, 0.29) is 11.7 Å². The molecule has 0 aliphatic carbocycles. The molecule has 0 radical (unpaired) electrons. The van der Waals surface area contributed by atoms with Crippen molar-refractivity contribution in [2.75, 3.05) is 11.1 Å². The molecule has 30 heavy (non-hydrogen) atoms. The molecule has 9 heteroatoms. The number of nitrogens with one attached hydrogen (secondary N) is 1. The number of aromatic nitrogens is 3. The van der Waals surface area contributed by atoms with Crippen LogP contribution in [-0.2, 0) is 4.79 Å². The van der Waals surface area contributed by atoms with E-state index in [0.29, 0.717) is 10.0 Å². The van der Waals surface area contributed by atoms with E-state index < -0.39 is 0 Å². The van der Waals surface area contributed by atoms with Crippen molar-refractivity contribution in [3.05, 3.63) is 64.1 Å². The lowest BCUT2D eigenvalue weighted by Crippen LogP contribution is -2.15. The van der Waals surface area contributed by atoms with Gasteiger partial charge in [0.2, 0.25) is 5.91 Å². The maximum absolute atomic E-state index is 12.3. The molecule has 0 saturated carbocycles. The zero-order valence-corrected chi connectivity index (χ0v) is 19.4. The normalized spacial score (nSPS) is 10.9. The monoisotopic (exact) mass is 472 g/mol. The maximum atomic E-state index is 12.3. The molecule has 1 amide bonds. The van der Waals surface area contributed by atoms with Gasteiger partial charge in [-0.25, -0.2) is 4.98 Å². The summed E-state index contributed by atoms with van der Waals surface area (Å²) in [4.78, 5) is 19.1. The van der Waals surface area contributed by atoms with Gasteiger partial charge in [-0.2, -0.15) is 0 Å². The van der Waals surface area contributed by atoms with Crippen LogP contribution in [0.3, 0.4) is 0 Å². The Morgan fingerprint density at radius 1 is 1.13 bits per heavy atom. The number of halogens is 1. The Bertz CT molecular complexity index is 1170. The number of nitrogens with zero attached hydrogens (tertiary/aromatic N) is 3. The van der Waals surface area contributed by atoms with Crippen LogP contribution in [0.5, 0.6) is 0 Å². The van der Waals surface area contributed by atoms with Crippen molar-refractivity contribution >= 4 is 57.6 Å². The fourth-order valence-electron chi connectivity index (χ4n) is 2.73. The van der Waals surface area contributed by atoms with Crippen LogP contribution in [0.1, 0.15) is 11.3 Å². The number of aryl methyl sites for hydroxylation is 1. The molecule has 0 bridgehead atoms. The summed E-state index contributed by atoms with van der Waals surface area (Å²) in [5, 5.41) is 15.9. The van der Waals surface area contributed by atoms with Crippen LogP contribution in [0.15, 0.2) is 52.9 Å². The Hall–Kier alpha value is -2.26. The van der Waals surface area contributed by atoms with Gasteiger partial charge in [-0.05, 0) is 55.1 Å². The number of benzene rings is 1. The average molecular weight is 473 g/mol. The highest BCUT2D eigenvalue weighted by Crippen LogP contribution is 2.36. The molecule has 5 nitrogen and oxygen atoms in total. The van der Waals surface area contributed by atoms with Gasteiger partial charge in [-0.15, -0.1) is 32.9 Å². The largest absolute Gasteiger partial charge is 0.325 e. The second kappa shape index (κ2) is 9.26. The Morgan fingerprint density at radius 2 is 2.00 bits per heavy atom. The molecule has 1 N–H and O–H groups in total. The molecular weight excluding hydrogens is 456 g/mol. The van der Waals surface area contributed by atoms with E-state index in [1.165, 1.54) is 11.8 Å². The molecule has 3 heterocycles. The number of amides is 1. The van der Waals surface area contributed by atoms with Gasteiger partial charge in [0.15, 0.2) is 0 Å². The number of thioether (sulfide) groups is 1. The molecule has 0 unspecified atom stereocenters. The van der Waals surface area contributed by atoms with Gasteiger partial charge >= 0.3 is 0 Å². The summed E-state index contributed by atoms with van der Waals surface area (Å²) in [5.74, 6) is 0.123. The minimum absolute atomic E-state index is 0.116. The zero-order valence-electron chi connectivity index (χ0n) is 16.2. The van der Waals surface area contributed by atoms with Crippen LogP contribution in [-0.4, -0.2) is 26.8 Å². The number of thiophene rings is 1. The topological polar surface area (TPSA) is 67.8 Å². The SMILES string of the molecule is Cc1nc(-c2cccs2)sc1-c1ccc(SCC(=O)Nc2cccc(Cl)c2C)nn1. The second-order valence-corrected chi connectivity index (χ2v) is 9.77. The molecule has 0 spiro atoms. The predicted octanol–water partition coefficient (Wildman–Crippen LogP) is 6.33. The van der Waals surface area contributed by atoms with Gasteiger partial charge in [-0.3, -0.25) is 4.79 Å². The van der Waals surface area contributed by atoms with Gasteiger partial charge in [0.1, 0.15) is 15.7 Å². The van der Waals surface area contributed by atoms with Crippen LogP contribution in [0, 0.1) is 13.8 Å². The third-order valence-corrected chi connectivity index (χ3v) is 7.84. The summed E-state index contributed by atoms with van der Waals surface area (Å²) in [6.45, 7) is 3.86. The van der Waals surface area contributed by atoms with Crippen molar-refractivity contribution in [1.29, 1.82) is 0 Å². The standard InChI is InChI=1S/C21H17ClN4OS3/c1-12-14(22)5-3-6-15(12)24-18(27)11-29-19-9-8-16(25-26-19)20-13(2)23-21(30-20)17-7-4-10-28-17/h3-10H,11H2,1-2H3,(H,24,27). The first kappa shape index (κ1) is 21.0. The van der Waals surface area contributed by atoms with E-state index in [4.69, 9.17) is 11.6 Å². The summed E-state index contributed by atoms with van der Waals surface area (Å²) in [6.07, 6.45) is 0. The predicted molar refractivity (Wildman–Crippen MR) is 127 cm³/mol. The van der Waals surface area contributed by atoms with Crippen molar-refractivity contribution in [3.8, 4) is 20.5 Å². The van der Waals surface area contributed by atoms with E-state index in [2.05, 4.69) is 26.6 Å². The number of carbonyl (C=O) groups is 1. The molecule has 152 valence electrons. The minimum atomic E-state index is -0.116. The van der Waals surface area contributed by atoms with Crippen LogP contribution in [0.2, 0.25) is 5.02 Å². The van der Waals surface area contributed by atoms with E-state index >= 15 is 0 Å². The van der Waals surface area contributed by atoms with Crippen molar-refractivity contribution in [2.24, 2.45) is 0 Å². The average Bonchev–Trinajstić information content (AvgIpc) is 3.40. The first-order valence-corrected chi connectivity index (χ1v) is 12.1. The van der Waals surface area contributed by atoms with Crippen molar-refractivity contribution in [3.63, 3.8) is 0 Å². The summed E-state index contributed by atoms with van der Waals surface area (Å²) >= 11 is 10.7. The number of anilines is 1. The molecule has 0 saturated heterocycles. The Labute approximate surface area is 191 Å². The third-order valence-electron chi connectivity index (χ3n) is 4.29. The fourth-order valence-corrected chi connectivity index (χ4v) is 5.34. The number of thiazole rings is 1. The van der Waals surface area contributed by atoms with Gasteiger partial charge < -0.3 is 5.32 Å². The Balaban J connectivity index is 1.39. The quantitative estimate of drug-likeness (QED) is 0.332. The van der Waals surface area contributed by atoms with Crippen LogP contribution in [0.4, 0.5) is 5.69 Å². The number of hydrogen-bond acceptors (Lipinski definition) is 7. The van der Waals surface area contributed by atoms with Crippen molar-refractivity contribution < 1.29 is 4.79 Å². The molecule has 0 aliphatic rings. The van der Waals surface area contributed by atoms with Gasteiger partial charge in [0, 0.05) is 10.7 Å². The molecule has 4 aromatic rings. The zero-order chi connectivity index (χ0) is 21.1. The van der Waals surface area contributed by atoms with Crippen molar-refractivity contribution in [1.82, 2.24) is 15.2 Å². The van der Waals surface area contributed by atoms with E-state index in [0.717, 1.165) is 37.4 Å². The maximum Gasteiger partial charge on any atom is 0.234 e. The van der Waals surface area contributed by atoms with Gasteiger partial charge in [-0.1, -0.05) is 35.5 Å². The highest BCUT2D eigenvalue weighted by Gasteiger charge is 2.14. The summed E-state index contributed by atoms with van der Waals surface area (Å²) in [7, 11) is 0. The van der Waals surface area contributed by atoms with Crippen molar-refractivity contribution in [2.45, 2.75) is 18.9 Å². The van der Waals surface area contributed by atoms with E-state index in [9.17, 15) is 4.79 Å². The summed E-state index contributed by atoms with van der Waals surface area (Å²) in [6, 6.07) is 13.3. The Morgan fingerprint density at radius 3 is 2.73 bits per heavy atom. The van der Waals surface area contributed by atoms with E-state index in [1.54, 1.807) is 28.7 Å². The smallest absolute Gasteiger partial charge is 0.234 e. The third kappa shape index (κ3) is 4.73. The molecule has 3 aromatic heterocycles. The van der Waals surface area contributed by atoms with Crippen LogP contribution in [0.25, 0.3) is 20.5 Å². The lowest BCUT2D eigenvalue weighted by molar-refractivity contribution is -0.113. The number of carbonyl (C=O) groups excluding carboxylic acids is 1. The lowest BCUT2D eigenvalue weighted by Gasteiger charge is -2.09. The second-order valence-electron chi connectivity index (χ2n) is 6.42. The summed E-state index contributed by atoms with van der Waals surface area (Å²) < 4.78 is 0. The molecular formula is C21H17ClN4OS3. The highest BCUT2D eigenvalue weighted by molar-refractivity contribution is 7.99. The first-order chi connectivity index (χ1) is 14.5. The summed E-state index contributed by atoms with van der Waals surface area (Å²) in [5.41, 5.74) is 3.30. The lowest BCUT2D eigenvalue weighted by atomic mass is 10.2. The van der Waals surface area contributed by atoms with Gasteiger partial charge in [0.25, 0.3) is 0 Å².